The summed E-state index contributed by atoms with van der Waals surface area (Å²) in [5.41, 5.74) is 1.91. The maximum atomic E-state index is 12.9. The first-order valence-corrected chi connectivity index (χ1v) is 13.1. The molecule has 0 fully saturated rings. The Balaban J connectivity index is 1.55. The zero-order chi connectivity index (χ0) is 27.5. The number of amides is 1. The highest BCUT2D eigenvalue weighted by Gasteiger charge is 2.24. The Morgan fingerprint density at radius 2 is 1.66 bits per heavy atom. The van der Waals surface area contributed by atoms with Gasteiger partial charge in [-0.15, -0.1) is 0 Å². The third-order valence-electron chi connectivity index (χ3n) is 5.27. The van der Waals surface area contributed by atoms with Gasteiger partial charge in [0, 0.05) is 12.2 Å². The number of carbonyl (C=O) groups excluding carboxylic acids is 1. The summed E-state index contributed by atoms with van der Waals surface area (Å²) in [4.78, 5) is 14.4. The molecule has 0 aliphatic heterocycles. The molecular formula is C29H34ClN3O4S. The lowest BCUT2D eigenvalue weighted by molar-refractivity contribution is 0.00945. The lowest BCUT2D eigenvalue weighted by Gasteiger charge is -2.29. The van der Waals surface area contributed by atoms with Crippen molar-refractivity contribution >= 4 is 46.4 Å². The van der Waals surface area contributed by atoms with Crippen molar-refractivity contribution in [1.82, 2.24) is 4.90 Å². The fraction of sp³-hybridized carbons (Fsp3) is 0.310. The van der Waals surface area contributed by atoms with Crippen LogP contribution in [0.2, 0.25) is 5.02 Å². The number of ether oxygens (including phenoxy) is 2. The van der Waals surface area contributed by atoms with Crippen LogP contribution in [0.4, 0.5) is 16.2 Å². The van der Waals surface area contributed by atoms with Gasteiger partial charge in [-0.05, 0) is 81.4 Å². The highest BCUT2D eigenvalue weighted by molar-refractivity contribution is 7.80. The van der Waals surface area contributed by atoms with Crippen LogP contribution in [0.15, 0.2) is 78.9 Å². The number of hydrogen-bond donors (Lipinski definition) is 3. The highest BCUT2D eigenvalue weighted by atomic mass is 35.5. The normalized spacial score (nSPS) is 11.8. The molecule has 0 aliphatic rings. The molecular weight excluding hydrogens is 522 g/mol. The molecule has 0 bridgehead atoms. The Hall–Kier alpha value is -3.33. The molecule has 9 heteroatoms. The number of para-hydroxylation sites is 2. The number of halogens is 1. The number of rotatable bonds is 10. The van der Waals surface area contributed by atoms with Crippen molar-refractivity contribution in [3.05, 3.63) is 89.4 Å². The van der Waals surface area contributed by atoms with Crippen molar-refractivity contribution in [1.29, 1.82) is 0 Å². The first-order chi connectivity index (χ1) is 18.1. The van der Waals surface area contributed by atoms with Crippen LogP contribution in [-0.2, 0) is 11.2 Å². The standard InChI is InChI=1S/C29H34ClN3O4S/c1-29(2,3)37-28(35)33(19-23(34)20-36-24-9-5-4-6-10-24)18-17-21-13-15-22(16-14-21)31-27(38)32-26-12-8-7-11-25(26)30/h4-16,23,34H,17-20H2,1-3H3,(H2,31,32,38)/t23-/m0/s1. The SMILES string of the molecule is CC(C)(C)OC(=O)N(CCc1ccc(NC(=S)Nc2ccccc2Cl)cc1)C[C@H](O)COc1ccccc1. The van der Waals surface area contributed by atoms with E-state index in [4.69, 9.17) is 33.3 Å². The van der Waals surface area contributed by atoms with Crippen molar-refractivity contribution in [3.8, 4) is 5.75 Å². The fourth-order valence-electron chi connectivity index (χ4n) is 3.47. The second-order valence-corrected chi connectivity index (χ2v) is 10.5. The van der Waals surface area contributed by atoms with E-state index in [0.717, 1.165) is 16.9 Å². The molecule has 0 saturated heterocycles. The largest absolute Gasteiger partial charge is 0.491 e. The average Bonchev–Trinajstić information content (AvgIpc) is 2.87. The number of thiocarbonyl (C=S) groups is 1. The summed E-state index contributed by atoms with van der Waals surface area (Å²) >= 11 is 11.6. The second kappa shape index (κ2) is 14.0. The topological polar surface area (TPSA) is 83.1 Å². The van der Waals surface area contributed by atoms with Crippen molar-refractivity contribution in [3.63, 3.8) is 0 Å². The summed E-state index contributed by atoms with van der Waals surface area (Å²) in [6.07, 6.45) is -0.778. The monoisotopic (exact) mass is 555 g/mol. The Morgan fingerprint density at radius 1 is 1.00 bits per heavy atom. The number of nitrogens with one attached hydrogen (secondary N) is 2. The summed E-state index contributed by atoms with van der Waals surface area (Å²) in [6.45, 7) is 5.96. The van der Waals surface area contributed by atoms with Crippen LogP contribution in [0, 0.1) is 0 Å². The van der Waals surface area contributed by atoms with Gasteiger partial charge in [-0.1, -0.05) is 54.1 Å². The number of nitrogens with zero attached hydrogens (tertiary/aromatic N) is 1. The van der Waals surface area contributed by atoms with Gasteiger partial charge in [0.1, 0.15) is 24.1 Å². The number of aliphatic hydroxyl groups excluding tert-OH is 1. The maximum Gasteiger partial charge on any atom is 0.410 e. The molecule has 0 aromatic heterocycles. The quantitative estimate of drug-likeness (QED) is 0.251. The molecule has 0 spiro atoms. The van der Waals surface area contributed by atoms with E-state index in [9.17, 15) is 9.90 Å². The Morgan fingerprint density at radius 3 is 2.32 bits per heavy atom. The number of hydrogen-bond acceptors (Lipinski definition) is 5. The first-order valence-electron chi connectivity index (χ1n) is 12.3. The van der Waals surface area contributed by atoms with Crippen molar-refractivity contribution < 1.29 is 19.4 Å². The molecule has 0 aliphatic carbocycles. The smallest absolute Gasteiger partial charge is 0.410 e. The minimum absolute atomic E-state index is 0.0613. The van der Waals surface area contributed by atoms with Crippen molar-refractivity contribution in [2.75, 3.05) is 30.3 Å². The van der Waals surface area contributed by atoms with Gasteiger partial charge < -0.3 is 30.1 Å². The van der Waals surface area contributed by atoms with E-state index < -0.39 is 17.8 Å². The van der Waals surface area contributed by atoms with Gasteiger partial charge in [0.15, 0.2) is 5.11 Å². The van der Waals surface area contributed by atoms with Crippen molar-refractivity contribution in [2.24, 2.45) is 0 Å². The molecule has 1 atom stereocenters. The fourth-order valence-corrected chi connectivity index (χ4v) is 3.88. The molecule has 0 heterocycles. The molecule has 38 heavy (non-hydrogen) atoms. The first kappa shape index (κ1) is 29.2. The van der Waals surface area contributed by atoms with Gasteiger partial charge in [-0.25, -0.2) is 4.79 Å². The minimum Gasteiger partial charge on any atom is -0.491 e. The molecule has 3 aromatic carbocycles. The second-order valence-electron chi connectivity index (χ2n) is 9.71. The third kappa shape index (κ3) is 10.2. The van der Waals surface area contributed by atoms with Crippen LogP contribution in [-0.4, -0.2) is 52.6 Å². The van der Waals surface area contributed by atoms with Crippen LogP contribution in [0.5, 0.6) is 5.75 Å². The van der Waals surface area contributed by atoms with E-state index in [0.29, 0.717) is 28.9 Å². The van der Waals surface area contributed by atoms with Gasteiger partial charge in [0.2, 0.25) is 0 Å². The molecule has 3 rings (SSSR count). The van der Waals surface area contributed by atoms with Gasteiger partial charge in [0.05, 0.1) is 17.3 Å². The van der Waals surface area contributed by atoms with E-state index in [1.165, 1.54) is 4.90 Å². The van der Waals surface area contributed by atoms with E-state index in [2.05, 4.69) is 10.6 Å². The summed E-state index contributed by atoms with van der Waals surface area (Å²) in [5, 5.41) is 17.8. The Bertz CT molecular complexity index is 1190. The summed E-state index contributed by atoms with van der Waals surface area (Å²) in [6, 6.07) is 24.4. The molecule has 202 valence electrons. The molecule has 0 radical (unpaired) electrons. The summed E-state index contributed by atoms with van der Waals surface area (Å²) in [5.74, 6) is 0.658. The Labute approximate surface area is 234 Å². The third-order valence-corrected chi connectivity index (χ3v) is 5.81. The lowest BCUT2D eigenvalue weighted by atomic mass is 10.1. The van der Waals surface area contributed by atoms with Crippen LogP contribution < -0.4 is 15.4 Å². The lowest BCUT2D eigenvalue weighted by Crippen LogP contribution is -2.43. The van der Waals surface area contributed by atoms with Gasteiger partial charge in [-0.2, -0.15) is 0 Å². The highest BCUT2D eigenvalue weighted by Crippen LogP contribution is 2.21. The van der Waals surface area contributed by atoms with Crippen LogP contribution >= 0.6 is 23.8 Å². The number of carbonyl (C=O) groups is 1. The average molecular weight is 556 g/mol. The number of anilines is 2. The molecule has 3 N–H and O–H groups in total. The molecule has 7 nitrogen and oxygen atoms in total. The number of aliphatic hydroxyl groups is 1. The van der Waals surface area contributed by atoms with Crippen molar-refractivity contribution in [2.45, 2.75) is 38.9 Å². The van der Waals surface area contributed by atoms with E-state index in [1.807, 2.05) is 93.6 Å². The number of benzene rings is 3. The minimum atomic E-state index is -0.874. The van der Waals surface area contributed by atoms with E-state index in [1.54, 1.807) is 6.07 Å². The predicted molar refractivity (Wildman–Crippen MR) is 157 cm³/mol. The van der Waals surface area contributed by atoms with Gasteiger partial charge in [0.25, 0.3) is 0 Å². The molecule has 1 amide bonds. The van der Waals surface area contributed by atoms with Gasteiger partial charge >= 0.3 is 6.09 Å². The van der Waals surface area contributed by atoms with E-state index in [-0.39, 0.29) is 13.2 Å². The zero-order valence-corrected chi connectivity index (χ0v) is 23.4. The molecule has 0 saturated carbocycles. The van der Waals surface area contributed by atoms with Gasteiger partial charge in [-0.3, -0.25) is 0 Å². The molecule has 0 unspecified atom stereocenters. The van der Waals surface area contributed by atoms with Crippen LogP contribution in [0.3, 0.4) is 0 Å². The predicted octanol–water partition coefficient (Wildman–Crippen LogP) is 6.37. The summed E-state index contributed by atoms with van der Waals surface area (Å²) in [7, 11) is 0. The zero-order valence-electron chi connectivity index (χ0n) is 21.8. The maximum absolute atomic E-state index is 12.9. The van der Waals surface area contributed by atoms with Crippen LogP contribution in [0.1, 0.15) is 26.3 Å². The summed E-state index contributed by atoms with van der Waals surface area (Å²) < 4.78 is 11.2. The molecule has 3 aromatic rings. The van der Waals surface area contributed by atoms with Crippen LogP contribution in [0.25, 0.3) is 0 Å². The Kier molecular flexibility index (Phi) is 10.8. The van der Waals surface area contributed by atoms with E-state index >= 15 is 0 Å².